The van der Waals surface area contributed by atoms with E-state index in [4.69, 9.17) is 0 Å². The minimum Gasteiger partial charge on any atom is -0.310 e. The van der Waals surface area contributed by atoms with E-state index in [2.05, 4.69) is 82.7 Å². The van der Waals surface area contributed by atoms with Crippen molar-refractivity contribution in [2.75, 3.05) is 4.90 Å². The predicted octanol–water partition coefficient (Wildman–Crippen LogP) is 7.24. The number of benzene rings is 3. The lowest BCUT2D eigenvalue weighted by Gasteiger charge is -2.25. The van der Waals surface area contributed by atoms with E-state index in [0.29, 0.717) is 0 Å². The van der Waals surface area contributed by atoms with Gasteiger partial charge in [-0.15, -0.1) is 0 Å². The van der Waals surface area contributed by atoms with Crippen LogP contribution < -0.4 is 4.90 Å². The summed E-state index contributed by atoms with van der Waals surface area (Å²) >= 11 is 0. The highest BCUT2D eigenvalue weighted by Crippen LogP contribution is 2.35. The maximum absolute atomic E-state index is 4.11. The van der Waals surface area contributed by atoms with Gasteiger partial charge in [0, 0.05) is 29.5 Å². The summed E-state index contributed by atoms with van der Waals surface area (Å²) in [4.78, 5) is 6.38. The van der Waals surface area contributed by atoms with E-state index in [9.17, 15) is 0 Å². The SMILES string of the molecule is CC.c1ccc(N(c2ccccc2)c2cccc(-c3ccncc3)c2)cc1. The molecule has 0 unspecified atom stereocenters. The lowest BCUT2D eigenvalue weighted by atomic mass is 10.1. The largest absolute Gasteiger partial charge is 0.310 e. The van der Waals surface area contributed by atoms with Crippen LogP contribution in [0.2, 0.25) is 0 Å². The van der Waals surface area contributed by atoms with Crippen LogP contribution in [0.5, 0.6) is 0 Å². The van der Waals surface area contributed by atoms with Crippen LogP contribution in [-0.4, -0.2) is 4.98 Å². The molecule has 0 aliphatic heterocycles. The Morgan fingerprint density at radius 2 is 1.04 bits per heavy atom. The third-order valence-electron chi connectivity index (χ3n) is 4.15. The quantitative estimate of drug-likeness (QED) is 0.384. The van der Waals surface area contributed by atoms with Crippen molar-refractivity contribution in [1.29, 1.82) is 0 Å². The van der Waals surface area contributed by atoms with Crippen LogP contribution in [0.15, 0.2) is 109 Å². The molecule has 0 radical (unpaired) electrons. The number of hydrogen-bond acceptors (Lipinski definition) is 2. The summed E-state index contributed by atoms with van der Waals surface area (Å²) < 4.78 is 0. The minimum atomic E-state index is 1.13. The normalized spacial score (nSPS) is 9.85. The van der Waals surface area contributed by atoms with Crippen LogP contribution in [-0.2, 0) is 0 Å². The lowest BCUT2D eigenvalue weighted by molar-refractivity contribution is 1.28. The fraction of sp³-hybridized carbons (Fsp3) is 0.0800. The lowest BCUT2D eigenvalue weighted by Crippen LogP contribution is -2.09. The molecule has 134 valence electrons. The molecular formula is C25H24N2. The molecule has 0 fully saturated rings. The topological polar surface area (TPSA) is 16.1 Å². The average molecular weight is 352 g/mol. The summed E-state index contributed by atoms with van der Waals surface area (Å²) in [5.41, 5.74) is 5.75. The standard InChI is InChI=1S/C23H18N2.C2H6/c1-3-9-21(10-4-1)25(22-11-5-2-6-12-22)23-13-7-8-20(18-23)19-14-16-24-17-15-19;1-2/h1-18H;1-2H3. The first-order valence-corrected chi connectivity index (χ1v) is 9.32. The average Bonchev–Trinajstić information content (AvgIpc) is 2.78. The maximum atomic E-state index is 4.11. The number of pyridine rings is 1. The second kappa shape index (κ2) is 9.35. The fourth-order valence-electron chi connectivity index (χ4n) is 2.97. The molecular weight excluding hydrogens is 328 g/mol. The Morgan fingerprint density at radius 3 is 1.59 bits per heavy atom. The number of rotatable bonds is 4. The summed E-state index contributed by atoms with van der Waals surface area (Å²) in [7, 11) is 0. The van der Waals surface area contributed by atoms with Gasteiger partial charge >= 0.3 is 0 Å². The highest BCUT2D eigenvalue weighted by molar-refractivity contribution is 5.79. The first-order chi connectivity index (χ1) is 13.4. The van der Waals surface area contributed by atoms with Gasteiger partial charge in [0.15, 0.2) is 0 Å². The Hall–Kier alpha value is -3.39. The van der Waals surface area contributed by atoms with Crippen molar-refractivity contribution in [1.82, 2.24) is 4.98 Å². The third-order valence-corrected chi connectivity index (χ3v) is 4.15. The van der Waals surface area contributed by atoms with Gasteiger partial charge in [-0.3, -0.25) is 4.98 Å². The van der Waals surface area contributed by atoms with Crippen molar-refractivity contribution in [3.8, 4) is 11.1 Å². The Kier molecular flexibility index (Phi) is 6.37. The zero-order chi connectivity index (χ0) is 18.9. The molecule has 0 spiro atoms. The van der Waals surface area contributed by atoms with Gasteiger partial charge in [0.2, 0.25) is 0 Å². The molecule has 4 rings (SSSR count). The van der Waals surface area contributed by atoms with Gasteiger partial charge in [-0.1, -0.05) is 62.4 Å². The minimum absolute atomic E-state index is 1.13. The molecule has 0 amide bonds. The molecule has 0 saturated heterocycles. The molecule has 27 heavy (non-hydrogen) atoms. The molecule has 4 aromatic rings. The van der Waals surface area contributed by atoms with Crippen LogP contribution in [0.4, 0.5) is 17.1 Å². The van der Waals surface area contributed by atoms with Gasteiger partial charge in [-0.25, -0.2) is 0 Å². The second-order valence-corrected chi connectivity index (χ2v) is 5.79. The molecule has 1 heterocycles. The summed E-state index contributed by atoms with van der Waals surface area (Å²) in [5, 5.41) is 0. The van der Waals surface area contributed by atoms with Crippen LogP contribution >= 0.6 is 0 Å². The molecule has 2 heteroatoms. The third kappa shape index (κ3) is 4.42. The molecule has 0 bridgehead atoms. The van der Waals surface area contributed by atoms with Crippen LogP contribution in [0.1, 0.15) is 13.8 Å². The predicted molar refractivity (Wildman–Crippen MR) is 116 cm³/mol. The van der Waals surface area contributed by atoms with E-state index in [0.717, 1.165) is 22.6 Å². The summed E-state index contributed by atoms with van der Waals surface area (Å²) in [6, 6.07) is 33.5. The second-order valence-electron chi connectivity index (χ2n) is 5.79. The van der Waals surface area contributed by atoms with Gasteiger partial charge in [0.1, 0.15) is 0 Å². The number of para-hydroxylation sites is 2. The first-order valence-electron chi connectivity index (χ1n) is 9.32. The van der Waals surface area contributed by atoms with Gasteiger partial charge in [0.25, 0.3) is 0 Å². The Morgan fingerprint density at radius 1 is 0.519 bits per heavy atom. The number of nitrogens with zero attached hydrogens (tertiary/aromatic N) is 2. The molecule has 0 aliphatic carbocycles. The van der Waals surface area contributed by atoms with E-state index < -0.39 is 0 Å². The molecule has 3 aromatic carbocycles. The number of anilines is 3. The van der Waals surface area contributed by atoms with E-state index in [-0.39, 0.29) is 0 Å². The van der Waals surface area contributed by atoms with Gasteiger partial charge in [-0.05, 0) is 59.7 Å². The number of aromatic nitrogens is 1. The molecule has 2 nitrogen and oxygen atoms in total. The van der Waals surface area contributed by atoms with Crippen LogP contribution in [0.25, 0.3) is 11.1 Å². The zero-order valence-electron chi connectivity index (χ0n) is 15.8. The molecule has 0 N–H and O–H groups in total. The smallest absolute Gasteiger partial charge is 0.0467 e. The van der Waals surface area contributed by atoms with Crippen molar-refractivity contribution in [2.45, 2.75) is 13.8 Å². The number of hydrogen-bond donors (Lipinski definition) is 0. The van der Waals surface area contributed by atoms with E-state index in [1.807, 2.05) is 50.5 Å². The maximum Gasteiger partial charge on any atom is 0.0467 e. The fourth-order valence-corrected chi connectivity index (χ4v) is 2.97. The van der Waals surface area contributed by atoms with Crippen LogP contribution in [0.3, 0.4) is 0 Å². The highest BCUT2D eigenvalue weighted by atomic mass is 15.1. The van der Waals surface area contributed by atoms with Crippen molar-refractivity contribution in [2.24, 2.45) is 0 Å². The van der Waals surface area contributed by atoms with Crippen molar-refractivity contribution >= 4 is 17.1 Å². The molecule has 0 saturated carbocycles. The van der Waals surface area contributed by atoms with Gasteiger partial charge in [-0.2, -0.15) is 0 Å². The Labute approximate surface area is 161 Å². The molecule has 0 atom stereocenters. The Bertz CT molecular complexity index is 896. The van der Waals surface area contributed by atoms with Gasteiger partial charge < -0.3 is 4.90 Å². The first kappa shape index (κ1) is 18.4. The summed E-state index contributed by atoms with van der Waals surface area (Å²) in [6.07, 6.45) is 3.66. The molecule has 1 aromatic heterocycles. The van der Waals surface area contributed by atoms with Crippen LogP contribution in [0, 0.1) is 0 Å². The molecule has 0 aliphatic rings. The van der Waals surface area contributed by atoms with Crippen molar-refractivity contribution in [3.05, 3.63) is 109 Å². The Balaban J connectivity index is 0.00000102. The van der Waals surface area contributed by atoms with E-state index >= 15 is 0 Å². The van der Waals surface area contributed by atoms with Gasteiger partial charge in [0.05, 0.1) is 0 Å². The monoisotopic (exact) mass is 352 g/mol. The van der Waals surface area contributed by atoms with E-state index in [1.165, 1.54) is 5.56 Å². The van der Waals surface area contributed by atoms with E-state index in [1.54, 1.807) is 0 Å². The van der Waals surface area contributed by atoms with Crippen molar-refractivity contribution < 1.29 is 0 Å². The summed E-state index contributed by atoms with van der Waals surface area (Å²) in [6.45, 7) is 4.00. The summed E-state index contributed by atoms with van der Waals surface area (Å²) in [5.74, 6) is 0. The highest BCUT2D eigenvalue weighted by Gasteiger charge is 2.12. The zero-order valence-corrected chi connectivity index (χ0v) is 15.8. The van der Waals surface area contributed by atoms with Crippen molar-refractivity contribution in [3.63, 3.8) is 0 Å².